The highest BCUT2D eigenvalue weighted by molar-refractivity contribution is 5.75. The van der Waals surface area contributed by atoms with Gasteiger partial charge in [-0.25, -0.2) is 18.7 Å². The van der Waals surface area contributed by atoms with Crippen molar-refractivity contribution in [2.24, 2.45) is 0 Å². The molecule has 0 bridgehead atoms. The van der Waals surface area contributed by atoms with Crippen LogP contribution in [-0.2, 0) is 0 Å². The molecule has 1 N–H and O–H groups in total. The van der Waals surface area contributed by atoms with Crippen molar-refractivity contribution in [2.45, 2.75) is 51.2 Å². The Bertz CT molecular complexity index is 786. The molecule has 0 amide bonds. The second kappa shape index (κ2) is 5.08. The first-order chi connectivity index (χ1) is 10.3. The molecule has 0 saturated heterocycles. The van der Waals surface area contributed by atoms with Crippen molar-refractivity contribution in [3.8, 4) is 0 Å². The summed E-state index contributed by atoms with van der Waals surface area (Å²) in [5.74, 6) is 0.447. The van der Waals surface area contributed by atoms with Crippen molar-refractivity contribution in [3.63, 3.8) is 0 Å². The largest absolute Gasteiger partial charge is 0.388 e. The monoisotopic (exact) mass is 309 g/mol. The van der Waals surface area contributed by atoms with Gasteiger partial charge < -0.3 is 5.11 Å². The maximum atomic E-state index is 13.2. The van der Waals surface area contributed by atoms with Gasteiger partial charge in [-0.05, 0) is 39.2 Å². The summed E-state index contributed by atoms with van der Waals surface area (Å²) in [6.07, 6.45) is 0.361. The van der Waals surface area contributed by atoms with Gasteiger partial charge in [-0.1, -0.05) is 0 Å². The Hall–Kier alpha value is -1.89. The zero-order chi connectivity index (χ0) is 16.1. The summed E-state index contributed by atoms with van der Waals surface area (Å²) in [4.78, 5) is 20.8. The van der Waals surface area contributed by atoms with E-state index in [2.05, 4.69) is 9.97 Å². The van der Waals surface area contributed by atoms with Crippen LogP contribution in [0.25, 0.3) is 11.0 Å². The highest BCUT2D eigenvalue weighted by atomic mass is 19.3. The molecule has 2 aromatic rings. The van der Waals surface area contributed by atoms with E-state index in [9.17, 15) is 18.7 Å². The molecule has 0 radical (unpaired) electrons. The molecule has 1 aliphatic rings. The van der Waals surface area contributed by atoms with E-state index in [0.717, 1.165) is 12.5 Å². The van der Waals surface area contributed by atoms with E-state index >= 15 is 0 Å². The Labute approximate surface area is 125 Å². The zero-order valence-electron chi connectivity index (χ0n) is 12.4. The number of alkyl halides is 2. The molecule has 2 aromatic heterocycles. The standard InChI is InChI=1S/C15H17F2N3O2/c1-8-18-7-9-6-10(12(16)17)14(21)20(13(9)19-8)11-4-3-5-15(11,2)22/h6-7,11-12,22H,3-5H2,1-2H3/t11-,15-/m1/s1. The minimum Gasteiger partial charge on any atom is -0.388 e. The van der Waals surface area contributed by atoms with Crippen LogP contribution < -0.4 is 5.56 Å². The lowest BCUT2D eigenvalue weighted by Crippen LogP contribution is -2.38. The van der Waals surface area contributed by atoms with Gasteiger partial charge in [0.05, 0.1) is 17.2 Å². The summed E-state index contributed by atoms with van der Waals surface area (Å²) in [5.41, 5.74) is -2.18. The van der Waals surface area contributed by atoms with Crippen LogP contribution in [0.2, 0.25) is 0 Å². The van der Waals surface area contributed by atoms with Crippen molar-refractivity contribution in [1.82, 2.24) is 14.5 Å². The molecule has 0 spiro atoms. The molecular formula is C15H17F2N3O2. The van der Waals surface area contributed by atoms with E-state index in [1.807, 2.05) is 0 Å². The topological polar surface area (TPSA) is 68.0 Å². The van der Waals surface area contributed by atoms with Crippen LogP contribution in [0, 0.1) is 6.92 Å². The SMILES string of the molecule is Cc1ncc2cc(C(F)F)c(=O)n([C@@H]3CCC[C@@]3(C)O)c2n1. The van der Waals surface area contributed by atoms with Gasteiger partial charge in [0.1, 0.15) is 11.5 Å². The maximum absolute atomic E-state index is 13.2. The van der Waals surface area contributed by atoms with Gasteiger partial charge in [-0.15, -0.1) is 0 Å². The predicted octanol–water partition coefficient (Wildman–Crippen LogP) is 2.51. The third kappa shape index (κ3) is 2.29. The summed E-state index contributed by atoms with van der Waals surface area (Å²) in [6, 6.07) is 0.581. The van der Waals surface area contributed by atoms with Crippen molar-refractivity contribution in [1.29, 1.82) is 0 Å². The van der Waals surface area contributed by atoms with Gasteiger partial charge in [-0.3, -0.25) is 9.36 Å². The maximum Gasteiger partial charge on any atom is 0.269 e. The zero-order valence-corrected chi connectivity index (χ0v) is 12.4. The molecule has 22 heavy (non-hydrogen) atoms. The van der Waals surface area contributed by atoms with Crippen LogP contribution >= 0.6 is 0 Å². The number of hydrogen-bond acceptors (Lipinski definition) is 4. The average molecular weight is 309 g/mol. The highest BCUT2D eigenvalue weighted by Gasteiger charge is 2.40. The van der Waals surface area contributed by atoms with E-state index in [-0.39, 0.29) is 0 Å². The number of hydrogen-bond donors (Lipinski definition) is 1. The lowest BCUT2D eigenvalue weighted by molar-refractivity contribution is 0.0261. The number of fused-ring (bicyclic) bond motifs is 1. The van der Waals surface area contributed by atoms with Crippen molar-refractivity contribution in [3.05, 3.63) is 34.0 Å². The van der Waals surface area contributed by atoms with Gasteiger partial charge in [0.15, 0.2) is 0 Å². The van der Waals surface area contributed by atoms with Gasteiger partial charge in [0.2, 0.25) is 0 Å². The van der Waals surface area contributed by atoms with Gasteiger partial charge in [-0.2, -0.15) is 0 Å². The number of aryl methyl sites for hydroxylation is 1. The number of aliphatic hydroxyl groups is 1. The Balaban J connectivity index is 2.37. The Morgan fingerprint density at radius 3 is 2.82 bits per heavy atom. The van der Waals surface area contributed by atoms with Crippen LogP contribution in [0.4, 0.5) is 8.78 Å². The molecule has 5 nitrogen and oxygen atoms in total. The van der Waals surface area contributed by atoms with Crippen molar-refractivity contribution in [2.75, 3.05) is 0 Å². The molecule has 0 aromatic carbocycles. The molecule has 118 valence electrons. The first-order valence-electron chi connectivity index (χ1n) is 7.20. The number of pyridine rings is 1. The first kappa shape index (κ1) is 15.0. The van der Waals surface area contributed by atoms with Crippen LogP contribution in [-0.4, -0.2) is 25.2 Å². The normalized spacial score (nSPS) is 25.3. The average Bonchev–Trinajstić information content (AvgIpc) is 2.77. The predicted molar refractivity (Wildman–Crippen MR) is 77.0 cm³/mol. The molecule has 3 rings (SSSR count). The van der Waals surface area contributed by atoms with Crippen LogP contribution in [0.1, 0.15) is 50.0 Å². The van der Waals surface area contributed by atoms with E-state index in [4.69, 9.17) is 0 Å². The molecule has 2 heterocycles. The fraction of sp³-hybridized carbons (Fsp3) is 0.533. The van der Waals surface area contributed by atoms with E-state index in [0.29, 0.717) is 29.7 Å². The van der Waals surface area contributed by atoms with E-state index in [1.54, 1.807) is 13.8 Å². The molecule has 1 saturated carbocycles. The van der Waals surface area contributed by atoms with Crippen LogP contribution in [0.3, 0.4) is 0 Å². The summed E-state index contributed by atoms with van der Waals surface area (Å²) in [6.45, 7) is 3.30. The summed E-state index contributed by atoms with van der Waals surface area (Å²) >= 11 is 0. The molecule has 2 atom stereocenters. The molecule has 1 aliphatic carbocycles. The fourth-order valence-corrected chi connectivity index (χ4v) is 3.21. The third-order valence-electron chi connectivity index (χ3n) is 4.35. The Morgan fingerprint density at radius 2 is 2.23 bits per heavy atom. The smallest absolute Gasteiger partial charge is 0.269 e. The quantitative estimate of drug-likeness (QED) is 0.925. The van der Waals surface area contributed by atoms with E-state index in [1.165, 1.54) is 10.8 Å². The molecule has 0 aliphatic heterocycles. The number of aromatic nitrogens is 3. The number of rotatable bonds is 2. The van der Waals surface area contributed by atoms with E-state index < -0.39 is 29.2 Å². The van der Waals surface area contributed by atoms with Gasteiger partial charge in [0, 0.05) is 11.6 Å². The fourth-order valence-electron chi connectivity index (χ4n) is 3.21. The lowest BCUT2D eigenvalue weighted by atomic mass is 9.99. The minimum absolute atomic E-state index is 0.300. The molecular weight excluding hydrogens is 292 g/mol. The van der Waals surface area contributed by atoms with Crippen LogP contribution in [0.15, 0.2) is 17.1 Å². The second-order valence-corrected chi connectivity index (χ2v) is 6.04. The Morgan fingerprint density at radius 1 is 1.50 bits per heavy atom. The summed E-state index contributed by atoms with van der Waals surface area (Å²) in [5, 5.41) is 10.9. The number of nitrogens with zero attached hydrogens (tertiary/aromatic N) is 3. The third-order valence-corrected chi connectivity index (χ3v) is 4.35. The van der Waals surface area contributed by atoms with Crippen molar-refractivity contribution < 1.29 is 13.9 Å². The summed E-state index contributed by atoms with van der Waals surface area (Å²) < 4.78 is 27.6. The first-order valence-corrected chi connectivity index (χ1v) is 7.20. The highest BCUT2D eigenvalue weighted by Crippen LogP contribution is 2.39. The minimum atomic E-state index is -2.88. The van der Waals surface area contributed by atoms with Gasteiger partial charge >= 0.3 is 0 Å². The van der Waals surface area contributed by atoms with Crippen LogP contribution in [0.5, 0.6) is 0 Å². The molecule has 7 heteroatoms. The second-order valence-electron chi connectivity index (χ2n) is 6.04. The van der Waals surface area contributed by atoms with Crippen molar-refractivity contribution >= 4 is 11.0 Å². The van der Waals surface area contributed by atoms with Gasteiger partial charge in [0.25, 0.3) is 12.0 Å². The molecule has 0 unspecified atom stereocenters. The lowest BCUT2D eigenvalue weighted by Gasteiger charge is -2.28. The molecule has 1 fully saturated rings. The Kier molecular flexibility index (Phi) is 3.47. The number of halogens is 2. The summed E-state index contributed by atoms with van der Waals surface area (Å²) in [7, 11) is 0.